The third-order valence-electron chi connectivity index (χ3n) is 2.72. The molecule has 0 atom stereocenters. The summed E-state index contributed by atoms with van der Waals surface area (Å²) in [5.74, 6) is -0.906. The Balaban J connectivity index is 2.24. The molecular weight excluding hydrogens is 263 g/mol. The second-order valence-electron chi connectivity index (χ2n) is 4.31. The minimum atomic E-state index is -0.558. The SMILES string of the molecule is COCCOCCCNCc1cc(C(N)=O)ccc1F. The van der Waals surface area contributed by atoms with E-state index in [2.05, 4.69) is 5.32 Å². The van der Waals surface area contributed by atoms with E-state index in [0.29, 0.717) is 44.0 Å². The quantitative estimate of drug-likeness (QED) is 0.630. The molecule has 0 saturated carbocycles. The van der Waals surface area contributed by atoms with Crippen LogP contribution in [0.25, 0.3) is 0 Å². The first-order valence-electron chi connectivity index (χ1n) is 6.50. The maximum atomic E-state index is 13.5. The van der Waals surface area contributed by atoms with Gasteiger partial charge in [-0.25, -0.2) is 4.39 Å². The van der Waals surface area contributed by atoms with Gasteiger partial charge in [-0.05, 0) is 31.2 Å². The van der Waals surface area contributed by atoms with E-state index in [1.54, 1.807) is 7.11 Å². The van der Waals surface area contributed by atoms with Crippen LogP contribution in [-0.2, 0) is 16.0 Å². The van der Waals surface area contributed by atoms with Crippen molar-refractivity contribution in [2.45, 2.75) is 13.0 Å². The van der Waals surface area contributed by atoms with E-state index in [9.17, 15) is 9.18 Å². The average molecular weight is 284 g/mol. The highest BCUT2D eigenvalue weighted by Crippen LogP contribution is 2.10. The minimum absolute atomic E-state index is 0.311. The lowest BCUT2D eigenvalue weighted by Crippen LogP contribution is -2.18. The van der Waals surface area contributed by atoms with Gasteiger partial charge < -0.3 is 20.5 Å². The van der Waals surface area contributed by atoms with Crippen molar-refractivity contribution in [2.75, 3.05) is 33.5 Å². The molecule has 0 aliphatic heterocycles. The molecule has 1 rings (SSSR count). The van der Waals surface area contributed by atoms with Gasteiger partial charge in [0, 0.05) is 31.4 Å². The molecule has 0 saturated heterocycles. The van der Waals surface area contributed by atoms with E-state index in [1.807, 2.05) is 0 Å². The van der Waals surface area contributed by atoms with Gasteiger partial charge in [0.2, 0.25) is 5.91 Å². The lowest BCUT2D eigenvalue weighted by Gasteiger charge is -2.08. The van der Waals surface area contributed by atoms with Crippen molar-refractivity contribution in [3.8, 4) is 0 Å². The van der Waals surface area contributed by atoms with Gasteiger partial charge in [-0.1, -0.05) is 0 Å². The first kappa shape index (κ1) is 16.6. The smallest absolute Gasteiger partial charge is 0.248 e. The lowest BCUT2D eigenvalue weighted by atomic mass is 10.1. The summed E-state index contributed by atoms with van der Waals surface area (Å²) in [6.45, 7) is 2.84. The fraction of sp³-hybridized carbons (Fsp3) is 0.500. The zero-order valence-electron chi connectivity index (χ0n) is 11.7. The maximum absolute atomic E-state index is 13.5. The number of hydrogen-bond acceptors (Lipinski definition) is 4. The molecule has 6 heteroatoms. The predicted molar refractivity (Wildman–Crippen MR) is 73.9 cm³/mol. The van der Waals surface area contributed by atoms with E-state index in [-0.39, 0.29) is 5.82 Å². The normalized spacial score (nSPS) is 10.7. The molecular formula is C14H21FN2O3. The number of nitrogens with one attached hydrogen (secondary N) is 1. The number of nitrogens with two attached hydrogens (primary N) is 1. The molecule has 3 N–H and O–H groups in total. The first-order chi connectivity index (χ1) is 9.65. The van der Waals surface area contributed by atoms with Crippen molar-refractivity contribution in [2.24, 2.45) is 5.73 Å². The van der Waals surface area contributed by atoms with Crippen LogP contribution in [0.4, 0.5) is 4.39 Å². The standard InChI is InChI=1S/C14H21FN2O3/c1-19-7-8-20-6-2-5-17-10-12-9-11(14(16)18)3-4-13(12)15/h3-4,9,17H,2,5-8,10H2,1H3,(H2,16,18). The molecule has 0 aliphatic carbocycles. The van der Waals surface area contributed by atoms with Crippen LogP contribution in [0.2, 0.25) is 0 Å². The molecule has 1 amide bonds. The van der Waals surface area contributed by atoms with Crippen molar-refractivity contribution >= 4 is 5.91 Å². The maximum Gasteiger partial charge on any atom is 0.248 e. The number of methoxy groups -OCH3 is 1. The molecule has 0 heterocycles. The molecule has 1 aromatic rings. The summed E-state index contributed by atoms with van der Waals surface area (Å²) in [6.07, 6.45) is 0.820. The Bertz CT molecular complexity index is 427. The van der Waals surface area contributed by atoms with E-state index >= 15 is 0 Å². The summed E-state index contributed by atoms with van der Waals surface area (Å²) in [5.41, 5.74) is 5.90. The van der Waals surface area contributed by atoms with Crippen LogP contribution < -0.4 is 11.1 Å². The van der Waals surface area contributed by atoms with Gasteiger partial charge in [-0.3, -0.25) is 4.79 Å². The van der Waals surface area contributed by atoms with Crippen LogP contribution in [0, 0.1) is 5.82 Å². The number of hydrogen-bond donors (Lipinski definition) is 2. The van der Waals surface area contributed by atoms with E-state index in [1.165, 1.54) is 18.2 Å². The topological polar surface area (TPSA) is 73.6 Å². The summed E-state index contributed by atoms with van der Waals surface area (Å²) < 4.78 is 23.7. The highest BCUT2D eigenvalue weighted by Gasteiger charge is 2.06. The molecule has 0 aromatic heterocycles. The van der Waals surface area contributed by atoms with Crippen LogP contribution in [0.15, 0.2) is 18.2 Å². The van der Waals surface area contributed by atoms with Crippen LogP contribution in [0.1, 0.15) is 22.3 Å². The van der Waals surface area contributed by atoms with Crippen molar-refractivity contribution < 1.29 is 18.7 Å². The van der Waals surface area contributed by atoms with Gasteiger partial charge in [0.1, 0.15) is 5.82 Å². The number of carbonyl (C=O) groups excluding carboxylic acids is 1. The molecule has 0 bridgehead atoms. The molecule has 20 heavy (non-hydrogen) atoms. The molecule has 5 nitrogen and oxygen atoms in total. The Kier molecular flexibility index (Phi) is 7.79. The van der Waals surface area contributed by atoms with Crippen LogP contribution in [0.3, 0.4) is 0 Å². The van der Waals surface area contributed by atoms with Crippen molar-refractivity contribution in [3.63, 3.8) is 0 Å². The number of benzene rings is 1. The van der Waals surface area contributed by atoms with Gasteiger partial charge in [0.05, 0.1) is 13.2 Å². The molecule has 0 radical (unpaired) electrons. The summed E-state index contributed by atoms with van der Waals surface area (Å²) in [4.78, 5) is 11.0. The van der Waals surface area contributed by atoms with Crippen LogP contribution >= 0.6 is 0 Å². The van der Waals surface area contributed by atoms with Gasteiger partial charge in [-0.2, -0.15) is 0 Å². The third-order valence-corrected chi connectivity index (χ3v) is 2.72. The molecule has 0 fully saturated rings. The number of amides is 1. The Morgan fingerprint density at radius 2 is 2.15 bits per heavy atom. The monoisotopic (exact) mass is 284 g/mol. The van der Waals surface area contributed by atoms with Crippen molar-refractivity contribution in [3.05, 3.63) is 35.1 Å². The van der Waals surface area contributed by atoms with Gasteiger partial charge in [0.15, 0.2) is 0 Å². The van der Waals surface area contributed by atoms with E-state index in [0.717, 1.165) is 6.42 Å². The van der Waals surface area contributed by atoms with Crippen LogP contribution in [-0.4, -0.2) is 39.4 Å². The van der Waals surface area contributed by atoms with Gasteiger partial charge >= 0.3 is 0 Å². The lowest BCUT2D eigenvalue weighted by molar-refractivity contribution is 0.0694. The molecule has 112 valence electrons. The fourth-order valence-electron chi connectivity index (χ4n) is 1.63. The Morgan fingerprint density at radius 1 is 1.35 bits per heavy atom. The minimum Gasteiger partial charge on any atom is -0.382 e. The third kappa shape index (κ3) is 6.10. The van der Waals surface area contributed by atoms with E-state index < -0.39 is 5.91 Å². The Labute approximate surface area is 118 Å². The Morgan fingerprint density at radius 3 is 2.85 bits per heavy atom. The van der Waals surface area contributed by atoms with Crippen LogP contribution in [0.5, 0.6) is 0 Å². The zero-order chi connectivity index (χ0) is 14.8. The summed E-state index contributed by atoms with van der Waals surface area (Å²) >= 11 is 0. The largest absolute Gasteiger partial charge is 0.382 e. The molecule has 0 spiro atoms. The number of halogens is 1. The number of carbonyl (C=O) groups is 1. The Hall–Kier alpha value is -1.50. The van der Waals surface area contributed by atoms with E-state index in [4.69, 9.17) is 15.2 Å². The number of rotatable bonds is 10. The first-order valence-corrected chi connectivity index (χ1v) is 6.50. The summed E-state index contributed by atoms with van der Waals surface area (Å²) in [7, 11) is 1.62. The second kappa shape index (κ2) is 9.41. The highest BCUT2D eigenvalue weighted by molar-refractivity contribution is 5.92. The number of primary amides is 1. The van der Waals surface area contributed by atoms with Crippen molar-refractivity contribution in [1.82, 2.24) is 5.32 Å². The van der Waals surface area contributed by atoms with Gasteiger partial charge in [0.25, 0.3) is 0 Å². The van der Waals surface area contributed by atoms with Crippen molar-refractivity contribution in [1.29, 1.82) is 0 Å². The second-order valence-corrected chi connectivity index (χ2v) is 4.31. The average Bonchev–Trinajstić information content (AvgIpc) is 2.43. The fourth-order valence-corrected chi connectivity index (χ4v) is 1.63. The highest BCUT2D eigenvalue weighted by atomic mass is 19.1. The molecule has 0 aliphatic rings. The van der Waals surface area contributed by atoms with Gasteiger partial charge in [-0.15, -0.1) is 0 Å². The summed E-state index contributed by atoms with van der Waals surface area (Å²) in [5, 5.41) is 3.10. The summed E-state index contributed by atoms with van der Waals surface area (Å²) in [6, 6.07) is 4.11. The molecule has 0 unspecified atom stereocenters. The predicted octanol–water partition coefficient (Wildman–Crippen LogP) is 1.07. The zero-order valence-corrected chi connectivity index (χ0v) is 11.7. The number of ether oxygens (including phenoxy) is 2. The molecule has 1 aromatic carbocycles.